The van der Waals surface area contributed by atoms with E-state index in [0.717, 1.165) is 38.4 Å². The first-order valence-corrected chi connectivity index (χ1v) is 9.28. The van der Waals surface area contributed by atoms with E-state index in [0.29, 0.717) is 5.25 Å². The SMILES string of the molecule is CCNC(=NCC(C)SC)NCCc1ncc(CC)s1.I. The first-order chi connectivity index (χ1) is 9.69. The zero-order valence-electron chi connectivity index (χ0n) is 13.3. The van der Waals surface area contributed by atoms with Gasteiger partial charge in [-0.15, -0.1) is 35.3 Å². The Balaban J connectivity index is 0.00000400. The second-order valence-corrected chi connectivity index (χ2v) is 6.99. The van der Waals surface area contributed by atoms with Gasteiger partial charge < -0.3 is 10.6 Å². The van der Waals surface area contributed by atoms with Crippen molar-refractivity contribution in [3.8, 4) is 0 Å². The van der Waals surface area contributed by atoms with E-state index >= 15 is 0 Å². The van der Waals surface area contributed by atoms with Crippen LogP contribution in [0.4, 0.5) is 0 Å². The van der Waals surface area contributed by atoms with E-state index in [1.165, 1.54) is 9.88 Å². The first-order valence-electron chi connectivity index (χ1n) is 7.18. The summed E-state index contributed by atoms with van der Waals surface area (Å²) >= 11 is 3.64. The summed E-state index contributed by atoms with van der Waals surface area (Å²) in [5.74, 6) is 0.903. The highest BCUT2D eigenvalue weighted by Crippen LogP contribution is 2.13. The van der Waals surface area contributed by atoms with Crippen LogP contribution in [0.2, 0.25) is 0 Å². The highest BCUT2D eigenvalue weighted by atomic mass is 127. The van der Waals surface area contributed by atoms with Gasteiger partial charge in [0, 0.05) is 35.8 Å². The third-order valence-corrected chi connectivity index (χ3v) is 4.99. The number of nitrogens with zero attached hydrogens (tertiary/aromatic N) is 2. The molecular formula is C14H27IN4S2. The number of aliphatic imine (C=N–C) groups is 1. The number of aromatic nitrogens is 1. The van der Waals surface area contributed by atoms with E-state index in [9.17, 15) is 0 Å². The Hall–Kier alpha value is -0.0200. The molecule has 1 aromatic rings. The summed E-state index contributed by atoms with van der Waals surface area (Å²) in [6.07, 6.45) is 6.13. The molecule has 122 valence electrons. The van der Waals surface area contributed by atoms with Gasteiger partial charge in [-0.1, -0.05) is 13.8 Å². The lowest BCUT2D eigenvalue weighted by atomic mass is 10.4. The van der Waals surface area contributed by atoms with Crippen LogP contribution in [-0.2, 0) is 12.8 Å². The number of nitrogens with one attached hydrogen (secondary N) is 2. The first kappa shape index (κ1) is 21.0. The second kappa shape index (κ2) is 12.5. The molecule has 21 heavy (non-hydrogen) atoms. The maximum atomic E-state index is 4.59. The van der Waals surface area contributed by atoms with Crippen molar-refractivity contribution in [2.24, 2.45) is 4.99 Å². The van der Waals surface area contributed by atoms with Crippen LogP contribution in [0.5, 0.6) is 0 Å². The predicted molar refractivity (Wildman–Crippen MR) is 108 cm³/mol. The highest BCUT2D eigenvalue weighted by molar-refractivity contribution is 14.0. The van der Waals surface area contributed by atoms with Crippen molar-refractivity contribution in [1.82, 2.24) is 15.6 Å². The molecule has 0 saturated carbocycles. The van der Waals surface area contributed by atoms with Gasteiger partial charge in [-0.3, -0.25) is 4.99 Å². The van der Waals surface area contributed by atoms with Crippen molar-refractivity contribution in [3.05, 3.63) is 16.1 Å². The number of rotatable bonds is 8. The van der Waals surface area contributed by atoms with E-state index in [1.807, 2.05) is 18.0 Å². The molecule has 1 unspecified atom stereocenters. The average molecular weight is 442 g/mol. The van der Waals surface area contributed by atoms with Crippen molar-refractivity contribution in [2.45, 2.75) is 38.9 Å². The lowest BCUT2D eigenvalue weighted by Gasteiger charge is -2.12. The molecular weight excluding hydrogens is 415 g/mol. The molecule has 0 amide bonds. The van der Waals surface area contributed by atoms with Crippen molar-refractivity contribution in [1.29, 1.82) is 0 Å². The topological polar surface area (TPSA) is 49.3 Å². The van der Waals surface area contributed by atoms with Crippen molar-refractivity contribution in [3.63, 3.8) is 0 Å². The molecule has 1 aromatic heterocycles. The average Bonchev–Trinajstić information content (AvgIpc) is 2.92. The zero-order chi connectivity index (χ0) is 14.8. The number of thioether (sulfide) groups is 1. The van der Waals surface area contributed by atoms with Crippen LogP contribution >= 0.6 is 47.1 Å². The fraction of sp³-hybridized carbons (Fsp3) is 0.714. The molecule has 7 heteroatoms. The minimum absolute atomic E-state index is 0. The van der Waals surface area contributed by atoms with Crippen molar-refractivity contribution >= 4 is 53.0 Å². The number of hydrogen-bond donors (Lipinski definition) is 2. The Morgan fingerprint density at radius 2 is 2.19 bits per heavy atom. The largest absolute Gasteiger partial charge is 0.357 e. The molecule has 0 aliphatic rings. The molecule has 1 rings (SSSR count). The van der Waals surface area contributed by atoms with Gasteiger partial charge in [-0.05, 0) is 19.6 Å². The molecule has 0 aromatic carbocycles. The molecule has 1 heterocycles. The summed E-state index contributed by atoms with van der Waals surface area (Å²) in [6, 6.07) is 0. The molecule has 0 bridgehead atoms. The molecule has 0 spiro atoms. The minimum atomic E-state index is 0. The number of halogens is 1. The zero-order valence-corrected chi connectivity index (χ0v) is 17.3. The quantitative estimate of drug-likeness (QED) is 0.369. The highest BCUT2D eigenvalue weighted by Gasteiger charge is 2.03. The standard InChI is InChI=1S/C14H26N4S2.HI/c1-5-12-10-17-13(20-12)7-8-16-14(15-6-2)18-9-11(3)19-4;/h10-11H,5-9H2,1-4H3,(H2,15,16,18);1H. The summed E-state index contributed by atoms with van der Waals surface area (Å²) < 4.78 is 0. The van der Waals surface area contributed by atoms with Crippen molar-refractivity contribution < 1.29 is 0 Å². The van der Waals surface area contributed by atoms with E-state index in [2.05, 4.69) is 47.6 Å². The van der Waals surface area contributed by atoms with Gasteiger partial charge in [0.05, 0.1) is 11.6 Å². The van der Waals surface area contributed by atoms with Gasteiger partial charge in [0.2, 0.25) is 0 Å². The molecule has 2 N–H and O–H groups in total. The smallest absolute Gasteiger partial charge is 0.191 e. The predicted octanol–water partition coefficient (Wildman–Crippen LogP) is 3.17. The Kier molecular flexibility index (Phi) is 12.5. The third-order valence-electron chi connectivity index (χ3n) is 2.83. The van der Waals surface area contributed by atoms with Crippen LogP contribution in [0.25, 0.3) is 0 Å². The van der Waals surface area contributed by atoms with E-state index in [-0.39, 0.29) is 24.0 Å². The fourth-order valence-corrected chi connectivity index (χ4v) is 2.64. The Morgan fingerprint density at radius 1 is 1.43 bits per heavy atom. The molecule has 1 atom stereocenters. The molecule has 0 aliphatic carbocycles. The molecule has 0 radical (unpaired) electrons. The normalized spacial score (nSPS) is 12.7. The van der Waals surface area contributed by atoms with Gasteiger partial charge >= 0.3 is 0 Å². The van der Waals surface area contributed by atoms with Gasteiger partial charge in [0.15, 0.2) is 5.96 Å². The summed E-state index contributed by atoms with van der Waals surface area (Å²) in [5, 5.41) is 8.40. The van der Waals surface area contributed by atoms with Crippen LogP contribution in [0.15, 0.2) is 11.2 Å². The molecule has 4 nitrogen and oxygen atoms in total. The van der Waals surface area contributed by atoms with Gasteiger partial charge in [-0.25, -0.2) is 4.98 Å². The van der Waals surface area contributed by atoms with Crippen LogP contribution in [-0.4, -0.2) is 42.1 Å². The minimum Gasteiger partial charge on any atom is -0.357 e. The number of thiazole rings is 1. The lowest BCUT2D eigenvalue weighted by Crippen LogP contribution is -2.38. The van der Waals surface area contributed by atoms with Crippen LogP contribution in [0.3, 0.4) is 0 Å². The number of aryl methyl sites for hydroxylation is 1. The molecule has 0 fully saturated rings. The number of hydrogen-bond acceptors (Lipinski definition) is 4. The Bertz CT molecular complexity index is 409. The number of guanidine groups is 1. The van der Waals surface area contributed by atoms with Crippen LogP contribution in [0, 0.1) is 0 Å². The van der Waals surface area contributed by atoms with E-state index in [1.54, 1.807) is 11.3 Å². The molecule has 0 saturated heterocycles. The molecule has 0 aliphatic heterocycles. The van der Waals surface area contributed by atoms with Gasteiger partial charge in [-0.2, -0.15) is 11.8 Å². The Labute approximate surface area is 154 Å². The summed E-state index contributed by atoms with van der Waals surface area (Å²) in [7, 11) is 0. The third kappa shape index (κ3) is 8.87. The van der Waals surface area contributed by atoms with Crippen LogP contribution < -0.4 is 10.6 Å². The summed E-state index contributed by atoms with van der Waals surface area (Å²) in [5.41, 5.74) is 0. The van der Waals surface area contributed by atoms with E-state index in [4.69, 9.17) is 0 Å². The summed E-state index contributed by atoms with van der Waals surface area (Å²) in [6.45, 7) is 9.04. The fourth-order valence-electron chi connectivity index (χ4n) is 1.55. The van der Waals surface area contributed by atoms with E-state index < -0.39 is 0 Å². The van der Waals surface area contributed by atoms with Gasteiger partial charge in [0.1, 0.15) is 0 Å². The second-order valence-electron chi connectivity index (χ2n) is 4.52. The lowest BCUT2D eigenvalue weighted by molar-refractivity contribution is 0.793. The van der Waals surface area contributed by atoms with Gasteiger partial charge in [0.25, 0.3) is 0 Å². The van der Waals surface area contributed by atoms with Crippen molar-refractivity contribution in [2.75, 3.05) is 25.9 Å². The Morgan fingerprint density at radius 3 is 2.76 bits per heavy atom. The maximum absolute atomic E-state index is 4.59. The van der Waals surface area contributed by atoms with Crippen LogP contribution in [0.1, 0.15) is 30.7 Å². The monoisotopic (exact) mass is 442 g/mol. The summed E-state index contributed by atoms with van der Waals surface area (Å²) in [4.78, 5) is 10.4. The maximum Gasteiger partial charge on any atom is 0.191 e.